The third kappa shape index (κ3) is 5.20. The summed E-state index contributed by atoms with van der Waals surface area (Å²) in [5.74, 6) is 1.10. The molecule has 1 N–H and O–H groups in total. The Morgan fingerprint density at radius 2 is 2.00 bits per heavy atom. The number of carbonyl (C=O) groups excluding carboxylic acids is 1. The van der Waals surface area contributed by atoms with E-state index in [0.29, 0.717) is 64.7 Å². The topological polar surface area (TPSA) is 96.5 Å². The molecule has 11 heteroatoms. The number of aromatic amines is 1. The second kappa shape index (κ2) is 10.5. The first-order valence-corrected chi connectivity index (χ1v) is 12.6. The van der Waals surface area contributed by atoms with Crippen LogP contribution in [0.5, 0.6) is 11.6 Å². The Labute approximate surface area is 224 Å². The minimum absolute atomic E-state index is 0.0298. The maximum absolute atomic E-state index is 12.9. The van der Waals surface area contributed by atoms with Crippen LogP contribution in [-0.4, -0.2) is 64.8 Å². The highest BCUT2D eigenvalue weighted by Gasteiger charge is 2.26. The Kier molecular flexibility index (Phi) is 7.19. The minimum atomic E-state index is -0.403. The van der Waals surface area contributed by atoms with Crippen molar-refractivity contribution in [3.8, 4) is 22.9 Å². The number of anilines is 1. The number of H-pyrrole nitrogens is 1. The predicted molar refractivity (Wildman–Crippen MR) is 144 cm³/mol. The van der Waals surface area contributed by atoms with Gasteiger partial charge in [0.05, 0.1) is 22.1 Å². The molecular weight excluding hydrogens is 515 g/mol. The van der Waals surface area contributed by atoms with Crippen LogP contribution in [0.25, 0.3) is 22.2 Å². The normalized spacial score (nSPS) is 13.9. The van der Waals surface area contributed by atoms with Crippen LogP contribution in [0, 0.1) is 0 Å². The second-order valence-corrected chi connectivity index (χ2v) is 9.87. The predicted octanol–water partition coefficient (Wildman–Crippen LogP) is 5.14. The highest BCUT2D eigenvalue weighted by atomic mass is 35.5. The van der Waals surface area contributed by atoms with Crippen LogP contribution in [0.15, 0.2) is 42.9 Å². The van der Waals surface area contributed by atoms with Crippen LogP contribution < -0.4 is 14.4 Å². The van der Waals surface area contributed by atoms with E-state index in [-0.39, 0.29) is 5.91 Å². The van der Waals surface area contributed by atoms with E-state index >= 15 is 0 Å². The Bertz CT molecular complexity index is 1440. The third-order valence-corrected chi connectivity index (χ3v) is 6.77. The summed E-state index contributed by atoms with van der Waals surface area (Å²) in [6.45, 7) is 3.42. The number of nitrogens with zero attached hydrogens (tertiary/aromatic N) is 5. The lowest BCUT2D eigenvalue weighted by molar-refractivity contribution is -0.119. The SMILES string of the molecule is C[C@@H](Oc1ccc2[nH]nc(-c3cnc4c(c3)N(C(=O)CCN(C)C)CCO4)c2c1)c1c(Cl)cncc1Cl. The zero-order valence-corrected chi connectivity index (χ0v) is 22.2. The summed E-state index contributed by atoms with van der Waals surface area (Å²) < 4.78 is 11.9. The van der Waals surface area contributed by atoms with Crippen molar-refractivity contribution in [1.29, 1.82) is 0 Å². The Hall–Kier alpha value is -3.40. The molecule has 0 saturated carbocycles. The van der Waals surface area contributed by atoms with Gasteiger partial charge in [-0.15, -0.1) is 0 Å². The van der Waals surface area contributed by atoms with Gasteiger partial charge in [0, 0.05) is 48.1 Å². The molecule has 4 aromatic rings. The number of halogens is 2. The zero-order valence-electron chi connectivity index (χ0n) is 20.7. The molecule has 1 aliphatic heterocycles. The number of aromatic nitrogens is 4. The second-order valence-electron chi connectivity index (χ2n) is 9.05. The first-order chi connectivity index (χ1) is 17.8. The van der Waals surface area contributed by atoms with Crippen LogP contribution in [-0.2, 0) is 4.79 Å². The number of benzene rings is 1. The molecule has 0 bridgehead atoms. The molecule has 1 atom stereocenters. The van der Waals surface area contributed by atoms with Crippen LogP contribution in [0.4, 0.5) is 5.69 Å². The average Bonchev–Trinajstić information content (AvgIpc) is 3.29. The Balaban J connectivity index is 1.46. The summed E-state index contributed by atoms with van der Waals surface area (Å²) in [6.07, 6.45) is 4.80. The van der Waals surface area contributed by atoms with Crippen molar-refractivity contribution in [3.05, 3.63) is 58.5 Å². The van der Waals surface area contributed by atoms with Crippen LogP contribution in [0.1, 0.15) is 25.0 Å². The first-order valence-electron chi connectivity index (χ1n) is 11.8. The van der Waals surface area contributed by atoms with Crippen molar-refractivity contribution in [2.75, 3.05) is 38.7 Å². The van der Waals surface area contributed by atoms with Gasteiger partial charge in [-0.1, -0.05) is 23.2 Å². The third-order valence-electron chi connectivity index (χ3n) is 6.17. The van der Waals surface area contributed by atoms with E-state index < -0.39 is 6.10 Å². The van der Waals surface area contributed by atoms with Crippen molar-refractivity contribution in [1.82, 2.24) is 25.1 Å². The zero-order chi connectivity index (χ0) is 26.1. The molecule has 4 heterocycles. The van der Waals surface area contributed by atoms with Gasteiger partial charge in [0.25, 0.3) is 0 Å². The van der Waals surface area contributed by atoms with E-state index in [1.807, 2.05) is 50.2 Å². The van der Waals surface area contributed by atoms with E-state index in [1.165, 1.54) is 0 Å². The van der Waals surface area contributed by atoms with E-state index in [1.54, 1.807) is 23.5 Å². The van der Waals surface area contributed by atoms with Crippen molar-refractivity contribution in [2.24, 2.45) is 0 Å². The van der Waals surface area contributed by atoms with Gasteiger partial charge in [0.2, 0.25) is 11.8 Å². The summed E-state index contributed by atoms with van der Waals surface area (Å²) >= 11 is 12.6. The average molecular weight is 541 g/mol. The van der Waals surface area contributed by atoms with Crippen molar-refractivity contribution < 1.29 is 14.3 Å². The van der Waals surface area contributed by atoms with E-state index in [2.05, 4.69) is 20.2 Å². The molecule has 1 amide bonds. The lowest BCUT2D eigenvalue weighted by Crippen LogP contribution is -2.39. The molecule has 1 aromatic carbocycles. The number of ether oxygens (including phenoxy) is 2. The number of amides is 1. The number of rotatable bonds is 7. The Morgan fingerprint density at radius 1 is 1.22 bits per heavy atom. The lowest BCUT2D eigenvalue weighted by atomic mass is 10.1. The van der Waals surface area contributed by atoms with Gasteiger partial charge >= 0.3 is 0 Å². The number of hydrogen-bond acceptors (Lipinski definition) is 7. The molecule has 9 nitrogen and oxygen atoms in total. The summed E-state index contributed by atoms with van der Waals surface area (Å²) in [5, 5.41) is 9.32. The van der Waals surface area contributed by atoms with Gasteiger partial charge in [0.15, 0.2) is 0 Å². The fraction of sp³-hybridized carbons (Fsp3) is 0.308. The first kappa shape index (κ1) is 25.3. The highest BCUT2D eigenvalue weighted by Crippen LogP contribution is 2.37. The number of carbonyl (C=O) groups is 1. The fourth-order valence-corrected chi connectivity index (χ4v) is 4.97. The van der Waals surface area contributed by atoms with Gasteiger partial charge in [-0.2, -0.15) is 5.10 Å². The highest BCUT2D eigenvalue weighted by molar-refractivity contribution is 6.35. The largest absolute Gasteiger partial charge is 0.486 e. The maximum atomic E-state index is 12.9. The molecule has 0 spiro atoms. The van der Waals surface area contributed by atoms with Crippen molar-refractivity contribution in [3.63, 3.8) is 0 Å². The van der Waals surface area contributed by atoms with E-state index in [4.69, 9.17) is 32.7 Å². The molecule has 0 saturated heterocycles. The maximum Gasteiger partial charge on any atom is 0.238 e. The summed E-state index contributed by atoms with van der Waals surface area (Å²) in [7, 11) is 3.89. The van der Waals surface area contributed by atoms with E-state index in [9.17, 15) is 4.79 Å². The van der Waals surface area contributed by atoms with Gasteiger partial charge in [0.1, 0.15) is 29.8 Å². The fourth-order valence-electron chi connectivity index (χ4n) is 4.30. The summed E-state index contributed by atoms with van der Waals surface area (Å²) in [5.41, 5.74) is 3.60. The standard InChI is InChI=1S/C26H26Cl2N6O3/c1-15(24-19(27)13-29-14-20(24)28)37-17-4-5-21-18(11-17)25(32-31-21)16-10-22-26(30-12-16)36-9-8-34(22)23(35)6-7-33(2)3/h4-5,10-15H,6-9H2,1-3H3,(H,31,32)/t15-/m1/s1. The number of hydrogen-bond donors (Lipinski definition) is 1. The molecule has 192 valence electrons. The smallest absolute Gasteiger partial charge is 0.238 e. The monoisotopic (exact) mass is 540 g/mol. The molecule has 0 fully saturated rings. The molecular formula is C26H26Cl2N6O3. The van der Waals surface area contributed by atoms with Crippen molar-refractivity contribution >= 4 is 45.7 Å². The molecule has 3 aromatic heterocycles. The number of nitrogens with one attached hydrogen (secondary N) is 1. The quantitative estimate of drug-likeness (QED) is 0.346. The van der Waals surface area contributed by atoms with Crippen LogP contribution >= 0.6 is 23.2 Å². The van der Waals surface area contributed by atoms with Crippen LogP contribution in [0.3, 0.4) is 0 Å². The van der Waals surface area contributed by atoms with Crippen molar-refractivity contribution in [2.45, 2.75) is 19.4 Å². The molecule has 0 radical (unpaired) electrons. The Morgan fingerprint density at radius 3 is 2.76 bits per heavy atom. The molecule has 5 rings (SSSR count). The molecule has 0 aliphatic carbocycles. The van der Waals surface area contributed by atoms with Crippen LogP contribution in [0.2, 0.25) is 10.0 Å². The summed E-state index contributed by atoms with van der Waals surface area (Å²) in [4.78, 5) is 25.2. The lowest BCUT2D eigenvalue weighted by Gasteiger charge is -2.29. The molecule has 37 heavy (non-hydrogen) atoms. The van der Waals surface area contributed by atoms with Gasteiger partial charge < -0.3 is 19.3 Å². The number of pyridine rings is 2. The summed E-state index contributed by atoms with van der Waals surface area (Å²) in [6, 6.07) is 7.56. The van der Waals surface area contributed by atoms with Gasteiger partial charge in [-0.3, -0.25) is 14.9 Å². The number of fused-ring (bicyclic) bond motifs is 2. The molecule has 1 aliphatic rings. The minimum Gasteiger partial charge on any atom is -0.486 e. The van der Waals surface area contributed by atoms with Gasteiger partial charge in [-0.05, 0) is 45.3 Å². The molecule has 0 unspecified atom stereocenters. The van der Waals surface area contributed by atoms with Gasteiger partial charge in [-0.25, -0.2) is 4.98 Å². The van der Waals surface area contributed by atoms with E-state index in [0.717, 1.165) is 16.5 Å².